The van der Waals surface area contributed by atoms with Crippen molar-refractivity contribution in [1.29, 1.82) is 0 Å². The fourth-order valence-electron chi connectivity index (χ4n) is 3.30. The maximum absolute atomic E-state index is 13.2. The Morgan fingerprint density at radius 3 is 2.68 bits per heavy atom. The monoisotopic (exact) mass is 360 g/mol. The first-order chi connectivity index (χ1) is 11.6. The maximum atomic E-state index is 13.2. The first-order valence-corrected chi connectivity index (χ1v) is 8.34. The van der Waals surface area contributed by atoms with Gasteiger partial charge in [-0.1, -0.05) is 30.3 Å². The van der Waals surface area contributed by atoms with Crippen LogP contribution in [-0.2, 0) is 0 Å². The van der Waals surface area contributed by atoms with Crippen molar-refractivity contribution >= 4 is 18.3 Å². The van der Waals surface area contributed by atoms with E-state index in [0.717, 1.165) is 41.1 Å². The molecule has 0 radical (unpaired) electrons. The van der Waals surface area contributed by atoms with E-state index in [1.807, 2.05) is 61.2 Å². The molecule has 2 aromatic rings. The molecule has 0 bridgehead atoms. The molecule has 4 nitrogen and oxygen atoms in total. The Labute approximate surface area is 155 Å². The van der Waals surface area contributed by atoms with Crippen LogP contribution in [-0.4, -0.2) is 37.6 Å². The molecule has 2 aromatic carbocycles. The molecule has 3 rings (SSSR count). The van der Waals surface area contributed by atoms with E-state index in [1.165, 1.54) is 0 Å². The number of amides is 1. The predicted octanol–water partition coefficient (Wildman–Crippen LogP) is 3.52. The zero-order valence-electron chi connectivity index (χ0n) is 14.9. The molecule has 1 unspecified atom stereocenters. The lowest BCUT2D eigenvalue weighted by molar-refractivity contribution is 0.0631. The van der Waals surface area contributed by atoms with Crippen LogP contribution in [0.1, 0.15) is 33.1 Å². The number of hydrogen-bond acceptors (Lipinski definition) is 3. The molecule has 5 heteroatoms. The van der Waals surface area contributed by atoms with E-state index in [4.69, 9.17) is 4.74 Å². The summed E-state index contributed by atoms with van der Waals surface area (Å²) in [6.07, 6.45) is 0. The van der Waals surface area contributed by atoms with Gasteiger partial charge in [0, 0.05) is 30.8 Å². The topological polar surface area (TPSA) is 41.6 Å². The fourth-order valence-corrected chi connectivity index (χ4v) is 3.30. The number of aryl methyl sites for hydroxylation is 1. The van der Waals surface area contributed by atoms with Crippen molar-refractivity contribution in [3.63, 3.8) is 0 Å². The molecule has 1 heterocycles. The van der Waals surface area contributed by atoms with E-state index in [-0.39, 0.29) is 24.4 Å². The molecule has 1 amide bonds. The van der Waals surface area contributed by atoms with Crippen molar-refractivity contribution in [1.82, 2.24) is 10.2 Å². The number of nitrogens with zero attached hydrogens (tertiary/aromatic N) is 1. The maximum Gasteiger partial charge on any atom is 0.254 e. The highest BCUT2D eigenvalue weighted by atomic mass is 35.5. The summed E-state index contributed by atoms with van der Waals surface area (Å²) in [5, 5.41) is 3.40. The summed E-state index contributed by atoms with van der Waals surface area (Å²) in [5.74, 6) is 0.915. The summed E-state index contributed by atoms with van der Waals surface area (Å²) in [4.78, 5) is 15.2. The van der Waals surface area contributed by atoms with Gasteiger partial charge >= 0.3 is 0 Å². The summed E-state index contributed by atoms with van der Waals surface area (Å²) < 4.78 is 5.51. The molecular weight excluding hydrogens is 336 g/mol. The van der Waals surface area contributed by atoms with Crippen LogP contribution in [0.5, 0.6) is 5.75 Å². The number of ether oxygens (including phenoxy) is 1. The summed E-state index contributed by atoms with van der Waals surface area (Å²) in [6.45, 7) is 6.29. The van der Waals surface area contributed by atoms with Gasteiger partial charge in [0.25, 0.3) is 5.91 Å². The predicted molar refractivity (Wildman–Crippen MR) is 103 cm³/mol. The lowest BCUT2D eigenvalue weighted by atomic mass is 9.98. The quantitative estimate of drug-likeness (QED) is 0.910. The molecule has 1 fully saturated rings. The van der Waals surface area contributed by atoms with Crippen LogP contribution < -0.4 is 10.1 Å². The summed E-state index contributed by atoms with van der Waals surface area (Å²) in [6, 6.07) is 13.8. The van der Waals surface area contributed by atoms with Gasteiger partial charge in [-0.3, -0.25) is 4.79 Å². The molecule has 1 atom stereocenters. The van der Waals surface area contributed by atoms with Gasteiger partial charge in [0.2, 0.25) is 0 Å². The van der Waals surface area contributed by atoms with Crippen molar-refractivity contribution < 1.29 is 9.53 Å². The lowest BCUT2D eigenvalue weighted by Gasteiger charge is -2.37. The largest absolute Gasteiger partial charge is 0.496 e. The van der Waals surface area contributed by atoms with Gasteiger partial charge in [0.05, 0.1) is 13.2 Å². The third-order valence-electron chi connectivity index (χ3n) is 4.84. The van der Waals surface area contributed by atoms with Crippen LogP contribution in [0.3, 0.4) is 0 Å². The first kappa shape index (κ1) is 19.3. The molecule has 1 N–H and O–H groups in total. The highest BCUT2D eigenvalue weighted by molar-refractivity contribution is 5.96. The van der Waals surface area contributed by atoms with Crippen LogP contribution >= 0.6 is 12.4 Å². The molecule has 0 aromatic heterocycles. The lowest BCUT2D eigenvalue weighted by Crippen LogP contribution is -2.49. The fraction of sp³-hybridized carbons (Fsp3) is 0.350. The Morgan fingerprint density at radius 2 is 1.92 bits per heavy atom. The standard InChI is InChI=1S/C20H24N2O2.ClH/c1-14-7-6-9-16(15(14)2)20(23)22-12-11-21-13-18(22)17-8-4-5-10-19(17)24-3;/h4-10,18,21H,11-13H2,1-3H3;1H. The van der Waals surface area contributed by atoms with Gasteiger partial charge in [-0.15, -0.1) is 12.4 Å². The molecular formula is C20H25ClN2O2. The van der Waals surface area contributed by atoms with E-state index < -0.39 is 0 Å². The van der Waals surface area contributed by atoms with E-state index in [2.05, 4.69) is 5.32 Å². The van der Waals surface area contributed by atoms with Crippen LogP contribution in [0.4, 0.5) is 0 Å². The van der Waals surface area contributed by atoms with Gasteiger partial charge in [0.1, 0.15) is 5.75 Å². The highest BCUT2D eigenvalue weighted by Crippen LogP contribution is 2.31. The second-order valence-corrected chi connectivity index (χ2v) is 6.21. The smallest absolute Gasteiger partial charge is 0.254 e. The minimum absolute atomic E-state index is 0. The van der Waals surface area contributed by atoms with E-state index in [1.54, 1.807) is 7.11 Å². The third kappa shape index (κ3) is 3.80. The highest BCUT2D eigenvalue weighted by Gasteiger charge is 2.31. The van der Waals surface area contributed by atoms with Crippen LogP contribution in [0.15, 0.2) is 42.5 Å². The van der Waals surface area contributed by atoms with E-state index >= 15 is 0 Å². The van der Waals surface area contributed by atoms with Gasteiger partial charge in [-0.25, -0.2) is 0 Å². The number of rotatable bonds is 3. The molecule has 1 aliphatic heterocycles. The summed E-state index contributed by atoms with van der Waals surface area (Å²) in [7, 11) is 1.67. The summed E-state index contributed by atoms with van der Waals surface area (Å²) >= 11 is 0. The van der Waals surface area contributed by atoms with Gasteiger partial charge in [-0.2, -0.15) is 0 Å². The Bertz CT molecular complexity index is 748. The Balaban J connectivity index is 0.00000225. The average Bonchev–Trinajstić information content (AvgIpc) is 2.63. The van der Waals surface area contributed by atoms with Crippen molar-refractivity contribution in [2.24, 2.45) is 0 Å². The Morgan fingerprint density at radius 1 is 1.16 bits per heavy atom. The number of methoxy groups -OCH3 is 1. The van der Waals surface area contributed by atoms with Gasteiger partial charge < -0.3 is 15.0 Å². The molecule has 0 spiro atoms. The van der Waals surface area contributed by atoms with Crippen molar-refractivity contribution in [3.8, 4) is 5.75 Å². The number of halogens is 1. The van der Waals surface area contributed by atoms with Crippen LogP contribution in [0, 0.1) is 13.8 Å². The number of para-hydroxylation sites is 1. The number of carbonyl (C=O) groups excluding carboxylic acids is 1. The second-order valence-electron chi connectivity index (χ2n) is 6.21. The number of nitrogens with one attached hydrogen (secondary N) is 1. The molecule has 134 valence electrons. The number of piperazine rings is 1. The van der Waals surface area contributed by atoms with Crippen molar-refractivity contribution in [2.45, 2.75) is 19.9 Å². The van der Waals surface area contributed by atoms with Crippen molar-refractivity contribution in [3.05, 3.63) is 64.7 Å². The molecule has 0 aliphatic carbocycles. The number of carbonyl (C=O) groups is 1. The summed E-state index contributed by atoms with van der Waals surface area (Å²) in [5.41, 5.74) is 4.03. The Hall–Kier alpha value is -2.04. The average molecular weight is 361 g/mol. The molecule has 0 saturated carbocycles. The first-order valence-electron chi connectivity index (χ1n) is 8.34. The Kier molecular flexibility index (Phi) is 6.45. The molecule has 25 heavy (non-hydrogen) atoms. The molecule has 1 aliphatic rings. The van der Waals surface area contributed by atoms with Crippen LogP contribution in [0.25, 0.3) is 0 Å². The van der Waals surface area contributed by atoms with Crippen LogP contribution in [0.2, 0.25) is 0 Å². The zero-order chi connectivity index (χ0) is 17.1. The van der Waals surface area contributed by atoms with Gasteiger partial charge in [-0.05, 0) is 37.1 Å². The number of hydrogen-bond donors (Lipinski definition) is 1. The molecule has 1 saturated heterocycles. The SMILES string of the molecule is COc1ccccc1C1CNCCN1C(=O)c1cccc(C)c1C.Cl. The normalized spacial score (nSPS) is 16.9. The van der Waals surface area contributed by atoms with E-state index in [0.29, 0.717) is 6.54 Å². The number of benzene rings is 2. The zero-order valence-corrected chi connectivity index (χ0v) is 15.7. The van der Waals surface area contributed by atoms with E-state index in [9.17, 15) is 4.79 Å². The van der Waals surface area contributed by atoms with Crippen molar-refractivity contribution in [2.75, 3.05) is 26.7 Å². The third-order valence-corrected chi connectivity index (χ3v) is 4.84. The second kappa shape index (κ2) is 8.37. The minimum Gasteiger partial charge on any atom is -0.496 e. The van der Waals surface area contributed by atoms with Gasteiger partial charge in [0.15, 0.2) is 0 Å². The minimum atomic E-state index is -0.0256.